The van der Waals surface area contributed by atoms with Gasteiger partial charge in [-0.3, -0.25) is 14.4 Å². The van der Waals surface area contributed by atoms with E-state index in [1.807, 2.05) is 0 Å². The van der Waals surface area contributed by atoms with Crippen LogP contribution in [-0.4, -0.2) is 37.2 Å². The molecule has 0 bridgehead atoms. The van der Waals surface area contributed by atoms with Gasteiger partial charge in [0.25, 0.3) is 0 Å². The fraction of sp³-hybridized carbons (Fsp3) is 0.743. The van der Waals surface area contributed by atoms with Crippen LogP contribution in [0.1, 0.15) is 335 Å². The van der Waals surface area contributed by atoms with Crippen LogP contribution in [0.2, 0.25) is 0 Å². The molecule has 80 heavy (non-hydrogen) atoms. The first-order valence-electron chi connectivity index (χ1n) is 34.2. The summed E-state index contributed by atoms with van der Waals surface area (Å²) in [4.78, 5) is 38.3. The minimum atomic E-state index is -0.780. The Morgan fingerprint density at radius 2 is 0.512 bits per heavy atom. The third-order valence-electron chi connectivity index (χ3n) is 14.8. The van der Waals surface area contributed by atoms with Crippen LogP contribution < -0.4 is 0 Å². The first-order valence-corrected chi connectivity index (χ1v) is 34.2. The molecule has 0 rings (SSSR count). The largest absolute Gasteiger partial charge is 0.462 e. The Morgan fingerprint density at radius 3 is 0.825 bits per heavy atom. The van der Waals surface area contributed by atoms with Gasteiger partial charge in [0.2, 0.25) is 0 Å². The lowest BCUT2D eigenvalue weighted by Crippen LogP contribution is -2.30. The molecule has 1 unspecified atom stereocenters. The molecule has 0 aromatic rings. The molecule has 0 saturated heterocycles. The Hall–Kier alpha value is -3.67. The van der Waals surface area contributed by atoms with Crippen molar-refractivity contribution in [1.29, 1.82) is 0 Å². The molecular weight excluding hydrogens is 985 g/mol. The topological polar surface area (TPSA) is 78.9 Å². The zero-order chi connectivity index (χ0) is 57.8. The first kappa shape index (κ1) is 76.3. The lowest BCUT2D eigenvalue weighted by molar-refractivity contribution is -0.167. The van der Waals surface area contributed by atoms with Crippen molar-refractivity contribution in [2.24, 2.45) is 0 Å². The van der Waals surface area contributed by atoms with Crippen LogP contribution in [0.4, 0.5) is 0 Å². The lowest BCUT2D eigenvalue weighted by Gasteiger charge is -2.18. The van der Waals surface area contributed by atoms with Crippen LogP contribution in [0.15, 0.2) is 97.2 Å². The summed E-state index contributed by atoms with van der Waals surface area (Å²) in [5.41, 5.74) is 0. The van der Waals surface area contributed by atoms with Gasteiger partial charge in [0.05, 0.1) is 0 Å². The number of carbonyl (C=O) groups excluding carboxylic acids is 3. The summed E-state index contributed by atoms with van der Waals surface area (Å²) in [6.45, 7) is 6.49. The molecule has 0 aliphatic carbocycles. The number of ether oxygens (including phenoxy) is 3. The van der Waals surface area contributed by atoms with Gasteiger partial charge in [0, 0.05) is 19.3 Å². The number of allylic oxidation sites excluding steroid dienone is 16. The monoisotopic (exact) mass is 1110 g/mol. The molecule has 6 heteroatoms. The van der Waals surface area contributed by atoms with Crippen molar-refractivity contribution in [2.45, 2.75) is 341 Å². The molecule has 0 aromatic carbocycles. The Labute approximate surface area is 496 Å². The predicted octanol–water partition coefficient (Wildman–Crippen LogP) is 23.6. The van der Waals surface area contributed by atoms with Crippen molar-refractivity contribution >= 4 is 17.9 Å². The van der Waals surface area contributed by atoms with Gasteiger partial charge < -0.3 is 14.2 Å². The molecule has 460 valence electrons. The van der Waals surface area contributed by atoms with Crippen molar-refractivity contribution < 1.29 is 28.6 Å². The Balaban J connectivity index is 4.17. The van der Waals surface area contributed by atoms with Gasteiger partial charge in [-0.25, -0.2) is 0 Å². The zero-order valence-corrected chi connectivity index (χ0v) is 52.8. The molecule has 6 nitrogen and oxygen atoms in total. The van der Waals surface area contributed by atoms with Crippen LogP contribution in [0.5, 0.6) is 0 Å². The van der Waals surface area contributed by atoms with Crippen molar-refractivity contribution in [2.75, 3.05) is 13.2 Å². The van der Waals surface area contributed by atoms with E-state index in [-0.39, 0.29) is 31.1 Å². The van der Waals surface area contributed by atoms with Crippen LogP contribution >= 0.6 is 0 Å². The molecule has 0 fully saturated rings. The second-order valence-corrected chi connectivity index (χ2v) is 22.7. The highest BCUT2D eigenvalue weighted by Gasteiger charge is 2.19. The maximum Gasteiger partial charge on any atom is 0.306 e. The van der Waals surface area contributed by atoms with Gasteiger partial charge in [-0.2, -0.15) is 0 Å². The highest BCUT2D eigenvalue weighted by molar-refractivity contribution is 5.71. The molecule has 0 saturated carbocycles. The number of hydrogen-bond acceptors (Lipinski definition) is 6. The average molecular weight is 1110 g/mol. The summed E-state index contributed by atoms with van der Waals surface area (Å²) in [5.74, 6) is -0.876. The van der Waals surface area contributed by atoms with E-state index >= 15 is 0 Å². The van der Waals surface area contributed by atoms with Gasteiger partial charge in [-0.15, -0.1) is 0 Å². The van der Waals surface area contributed by atoms with E-state index in [0.29, 0.717) is 19.3 Å². The van der Waals surface area contributed by atoms with Crippen molar-refractivity contribution in [1.82, 2.24) is 0 Å². The van der Waals surface area contributed by atoms with Crippen LogP contribution in [-0.2, 0) is 28.6 Å². The summed E-state index contributed by atoms with van der Waals surface area (Å²) in [5, 5.41) is 0. The summed E-state index contributed by atoms with van der Waals surface area (Å²) >= 11 is 0. The molecule has 0 radical (unpaired) electrons. The molecule has 1 atom stereocenters. The molecule has 0 aliphatic rings. The van der Waals surface area contributed by atoms with Crippen LogP contribution in [0.25, 0.3) is 0 Å². The molecule has 0 heterocycles. The number of esters is 3. The quantitative estimate of drug-likeness (QED) is 0.0261. The van der Waals surface area contributed by atoms with Gasteiger partial charge in [-0.05, 0) is 96.3 Å². The standard InChI is InChI=1S/C74H128O6/c1-4-7-10-13-16-19-22-24-26-28-30-31-32-33-34-35-36-37-38-39-40-41-42-43-45-46-48-50-52-55-58-61-64-67-73(76)79-70-71(69-78-72(75)66-63-60-57-54-21-18-15-12-9-6-3)80-74(77)68-65-62-59-56-53-51-49-47-44-29-27-25-23-20-17-14-11-8-5-2/h7,10,12,15-16,19,24,26,30-31,33-34,36-37,39-40,71H,4-6,8-9,11,13-14,17-18,20-23,25,27-29,32,35,38,41-70H2,1-3H3/b10-7-,15-12-,19-16-,26-24-,31-30-,34-33-,37-36-,40-39-. The summed E-state index contributed by atoms with van der Waals surface area (Å²) in [7, 11) is 0. The van der Waals surface area contributed by atoms with E-state index in [2.05, 4.69) is 118 Å². The van der Waals surface area contributed by atoms with Crippen LogP contribution in [0, 0.1) is 0 Å². The highest BCUT2D eigenvalue weighted by Crippen LogP contribution is 2.17. The maximum absolute atomic E-state index is 12.9. The molecular formula is C74H128O6. The smallest absolute Gasteiger partial charge is 0.306 e. The molecule has 0 amide bonds. The Bertz CT molecular complexity index is 1560. The van der Waals surface area contributed by atoms with Crippen molar-refractivity contribution in [3.05, 3.63) is 97.2 Å². The van der Waals surface area contributed by atoms with E-state index in [0.717, 1.165) is 116 Å². The van der Waals surface area contributed by atoms with Gasteiger partial charge in [-0.1, -0.05) is 317 Å². The van der Waals surface area contributed by atoms with E-state index in [9.17, 15) is 14.4 Å². The second-order valence-electron chi connectivity index (χ2n) is 22.7. The number of carbonyl (C=O) groups is 3. The van der Waals surface area contributed by atoms with Crippen LogP contribution in [0.3, 0.4) is 0 Å². The second kappa shape index (κ2) is 67.8. The minimum absolute atomic E-state index is 0.0779. The third kappa shape index (κ3) is 65.1. The summed E-state index contributed by atoms with van der Waals surface area (Å²) < 4.78 is 16.9. The molecule has 0 aromatic heterocycles. The third-order valence-corrected chi connectivity index (χ3v) is 14.8. The minimum Gasteiger partial charge on any atom is -0.462 e. The number of rotatable bonds is 62. The average Bonchev–Trinajstić information content (AvgIpc) is 3.46. The predicted molar refractivity (Wildman–Crippen MR) is 348 cm³/mol. The van der Waals surface area contributed by atoms with Gasteiger partial charge in [0.15, 0.2) is 6.10 Å². The fourth-order valence-electron chi connectivity index (χ4n) is 9.72. The van der Waals surface area contributed by atoms with E-state index in [1.165, 1.54) is 180 Å². The Morgan fingerprint density at radius 1 is 0.263 bits per heavy atom. The fourth-order valence-corrected chi connectivity index (χ4v) is 9.72. The highest BCUT2D eigenvalue weighted by atomic mass is 16.6. The Kier molecular flexibility index (Phi) is 64.7. The van der Waals surface area contributed by atoms with E-state index in [4.69, 9.17) is 14.2 Å². The van der Waals surface area contributed by atoms with Gasteiger partial charge in [0.1, 0.15) is 13.2 Å². The molecule has 0 aliphatic heterocycles. The maximum atomic E-state index is 12.9. The van der Waals surface area contributed by atoms with E-state index in [1.54, 1.807) is 0 Å². The zero-order valence-electron chi connectivity index (χ0n) is 52.8. The van der Waals surface area contributed by atoms with Crippen molar-refractivity contribution in [3.63, 3.8) is 0 Å². The summed E-state index contributed by atoms with van der Waals surface area (Å²) in [6.07, 6.45) is 91.5. The van der Waals surface area contributed by atoms with Crippen molar-refractivity contribution in [3.8, 4) is 0 Å². The first-order chi connectivity index (χ1) is 39.5. The number of hydrogen-bond donors (Lipinski definition) is 0. The van der Waals surface area contributed by atoms with Gasteiger partial charge >= 0.3 is 17.9 Å². The molecule has 0 N–H and O–H groups in total. The van der Waals surface area contributed by atoms with E-state index < -0.39 is 6.10 Å². The normalized spacial score (nSPS) is 12.7. The lowest BCUT2D eigenvalue weighted by atomic mass is 10.0. The summed E-state index contributed by atoms with van der Waals surface area (Å²) in [6, 6.07) is 0. The SMILES string of the molecule is CC/C=C\C/C=C\C/C=C\C/C=C\C/C=C\C/C=C\C/C=C\CCCCCCCCCCCCCC(=O)OCC(COC(=O)CCCCCCC/C=C\CCC)OC(=O)CCCCCCCCCCCCCCCCCCCCC. The molecule has 0 spiro atoms. The number of unbranched alkanes of at least 4 members (excludes halogenated alkanes) is 35.